The zero-order chi connectivity index (χ0) is 30.0. The number of hydrogen-bond donors (Lipinski definition) is 1. The number of nitrogens with one attached hydrogen (secondary N) is 1. The van der Waals surface area contributed by atoms with E-state index in [1.54, 1.807) is 35.2 Å². The molecule has 2 aliphatic rings. The van der Waals surface area contributed by atoms with Gasteiger partial charge in [0, 0.05) is 67.3 Å². The van der Waals surface area contributed by atoms with E-state index in [1.807, 2.05) is 0 Å². The number of pyridine rings is 2. The molecule has 2 unspecified atom stereocenters. The molecule has 0 bridgehead atoms. The average molecular weight is 602 g/mol. The molecule has 0 radical (unpaired) electrons. The van der Waals surface area contributed by atoms with Gasteiger partial charge in [-0.3, -0.25) is 23.5 Å². The largest absolute Gasteiger partial charge is 0.379 e. The highest BCUT2D eigenvalue weighted by molar-refractivity contribution is 7.99. The van der Waals surface area contributed by atoms with Gasteiger partial charge in [-0.05, 0) is 83.6 Å². The van der Waals surface area contributed by atoms with Crippen LogP contribution in [0.1, 0.15) is 24.3 Å². The normalized spacial score (nSPS) is 19.7. The van der Waals surface area contributed by atoms with Crippen molar-refractivity contribution in [1.82, 2.24) is 29.3 Å². The van der Waals surface area contributed by atoms with Crippen molar-refractivity contribution in [3.05, 3.63) is 70.8 Å². The molecule has 2 fully saturated rings. The van der Waals surface area contributed by atoms with Gasteiger partial charge in [0.25, 0.3) is 5.56 Å². The van der Waals surface area contributed by atoms with E-state index in [4.69, 9.17) is 9.72 Å². The number of rotatable bonds is 8. The Morgan fingerprint density at radius 3 is 2.53 bits per heavy atom. The first kappa shape index (κ1) is 29.4. The predicted octanol–water partition coefficient (Wildman–Crippen LogP) is 3.44. The first-order valence-corrected chi connectivity index (χ1v) is 16.9. The zero-order valence-electron chi connectivity index (χ0n) is 24.9. The molecule has 43 heavy (non-hydrogen) atoms. The van der Waals surface area contributed by atoms with E-state index in [9.17, 15) is 9.00 Å². The van der Waals surface area contributed by atoms with E-state index >= 15 is 0 Å². The van der Waals surface area contributed by atoms with Crippen molar-refractivity contribution in [3.8, 4) is 11.3 Å². The molecule has 0 aliphatic carbocycles. The minimum atomic E-state index is -2.41. The van der Waals surface area contributed by atoms with E-state index in [0.29, 0.717) is 60.0 Å². The van der Waals surface area contributed by atoms with E-state index < -0.39 is 9.52 Å². The number of anilines is 2. The van der Waals surface area contributed by atoms with Gasteiger partial charge in [0.1, 0.15) is 5.65 Å². The first-order valence-electron chi connectivity index (χ1n) is 14.8. The highest BCUT2D eigenvalue weighted by Crippen LogP contribution is 2.28. The van der Waals surface area contributed by atoms with Crippen molar-refractivity contribution in [1.29, 1.82) is 0 Å². The lowest BCUT2D eigenvalue weighted by molar-refractivity contribution is 0.0364. The molecular weight excluding hydrogens is 562 g/mol. The maximum atomic E-state index is 13.9. The lowest BCUT2D eigenvalue weighted by Crippen LogP contribution is -2.39. The lowest BCUT2D eigenvalue weighted by atomic mass is 9.91. The van der Waals surface area contributed by atoms with Crippen LogP contribution < -0.4 is 10.9 Å². The highest BCUT2D eigenvalue weighted by Gasteiger charge is 2.20. The summed E-state index contributed by atoms with van der Waals surface area (Å²) in [7, 11) is -0.224. The van der Waals surface area contributed by atoms with Crippen molar-refractivity contribution in [3.63, 3.8) is 0 Å². The number of nitrogens with zero attached hydrogens (tertiary/aromatic N) is 6. The van der Waals surface area contributed by atoms with Crippen LogP contribution >= 0.6 is 0 Å². The molecule has 1 N–H and O–H groups in total. The SMILES string of the molecule is C=S(C)(=O)c1ccc(-c2cc3cnc(Nc4ccc(C5CCCN(C)C5)cc4)nc3n(CCN3CCOCC3)c2=O)nc1. The number of likely N-dealkylation sites (tertiary alicyclic amines) is 1. The first-order chi connectivity index (χ1) is 20.7. The van der Waals surface area contributed by atoms with E-state index in [1.165, 1.54) is 24.6 Å². The third-order valence-electron chi connectivity index (χ3n) is 8.34. The molecule has 2 atom stereocenters. The number of likely N-dealkylation sites (N-methyl/N-ethyl adjacent to an activating group) is 1. The van der Waals surface area contributed by atoms with Gasteiger partial charge in [0.2, 0.25) is 5.95 Å². The van der Waals surface area contributed by atoms with Crippen molar-refractivity contribution in [2.45, 2.75) is 30.2 Å². The second kappa shape index (κ2) is 12.5. The Kier molecular flexibility index (Phi) is 8.58. The summed E-state index contributed by atoms with van der Waals surface area (Å²) in [6.07, 6.45) is 7.29. The van der Waals surface area contributed by atoms with Crippen molar-refractivity contribution in [2.24, 2.45) is 0 Å². The minimum Gasteiger partial charge on any atom is -0.379 e. The molecule has 4 aromatic rings. The van der Waals surface area contributed by atoms with Crippen LogP contribution in [-0.4, -0.2) is 98.6 Å². The maximum Gasteiger partial charge on any atom is 0.261 e. The smallest absolute Gasteiger partial charge is 0.261 e. The molecular formula is C32H39N7O3S. The van der Waals surface area contributed by atoms with Crippen LogP contribution in [0.3, 0.4) is 0 Å². The quantitative estimate of drug-likeness (QED) is 0.304. The summed E-state index contributed by atoms with van der Waals surface area (Å²) < 4.78 is 19.6. The predicted molar refractivity (Wildman–Crippen MR) is 173 cm³/mol. The fraction of sp³-hybridized carbons (Fsp3) is 0.406. The number of piperidine rings is 1. The van der Waals surface area contributed by atoms with E-state index in [2.05, 4.69) is 62.3 Å². The van der Waals surface area contributed by atoms with Crippen molar-refractivity contribution >= 4 is 38.1 Å². The van der Waals surface area contributed by atoms with Crippen molar-refractivity contribution < 1.29 is 8.95 Å². The summed E-state index contributed by atoms with van der Waals surface area (Å²) in [6, 6.07) is 13.7. The second-order valence-corrected chi connectivity index (χ2v) is 14.2. The number of morpholine rings is 1. The standard InChI is InChI=1S/C32H39N7O3S/c1-37-12-4-5-24(22-37)23-6-8-26(9-7-23)35-32-34-20-25-19-28(29-11-10-27(21-33-29)43(2,3)41)31(40)39(30(25)36-32)14-13-38-15-17-42-18-16-38/h6-11,19-21,24H,2,4-5,12-18,22H2,1,3H3,(H,34,35,36). The summed E-state index contributed by atoms with van der Waals surface area (Å²) >= 11 is 0. The molecule has 3 aromatic heterocycles. The lowest BCUT2D eigenvalue weighted by Gasteiger charge is -2.30. The summed E-state index contributed by atoms with van der Waals surface area (Å²) in [5, 5.41) is 4.07. The summed E-state index contributed by atoms with van der Waals surface area (Å²) in [4.78, 5) is 33.1. The Hall–Kier alpha value is -3.64. The fourth-order valence-electron chi connectivity index (χ4n) is 5.88. The Morgan fingerprint density at radius 1 is 1.05 bits per heavy atom. The van der Waals surface area contributed by atoms with Gasteiger partial charge in [0.05, 0.1) is 24.5 Å². The Balaban J connectivity index is 1.31. The second-order valence-electron chi connectivity index (χ2n) is 11.7. The molecule has 6 rings (SSSR count). The van der Waals surface area contributed by atoms with Crippen LogP contribution in [-0.2, 0) is 20.8 Å². The summed E-state index contributed by atoms with van der Waals surface area (Å²) in [5.74, 6) is 4.72. The van der Waals surface area contributed by atoms with Crippen LogP contribution in [0.2, 0.25) is 0 Å². The molecule has 1 aromatic carbocycles. The number of aromatic nitrogens is 4. The molecule has 0 spiro atoms. The topological polar surface area (TPSA) is 105 Å². The minimum absolute atomic E-state index is 0.181. The monoisotopic (exact) mass is 601 g/mol. The Morgan fingerprint density at radius 2 is 1.84 bits per heavy atom. The molecule has 5 heterocycles. The number of hydrogen-bond acceptors (Lipinski definition) is 9. The van der Waals surface area contributed by atoms with Gasteiger partial charge >= 0.3 is 0 Å². The molecule has 226 valence electrons. The van der Waals surface area contributed by atoms with Crippen LogP contribution in [0.5, 0.6) is 0 Å². The zero-order valence-corrected chi connectivity index (χ0v) is 25.7. The van der Waals surface area contributed by atoms with E-state index in [0.717, 1.165) is 37.3 Å². The van der Waals surface area contributed by atoms with Crippen LogP contribution in [0.25, 0.3) is 22.3 Å². The molecule has 0 amide bonds. The van der Waals surface area contributed by atoms with Gasteiger partial charge in [0.15, 0.2) is 0 Å². The van der Waals surface area contributed by atoms with Crippen LogP contribution in [0.15, 0.2) is 64.5 Å². The third-order valence-corrected chi connectivity index (χ3v) is 9.58. The third kappa shape index (κ3) is 6.80. The summed E-state index contributed by atoms with van der Waals surface area (Å²) in [5.41, 5.74) is 3.57. The van der Waals surface area contributed by atoms with Gasteiger partial charge in [-0.25, -0.2) is 4.98 Å². The molecule has 2 aliphatic heterocycles. The van der Waals surface area contributed by atoms with Gasteiger partial charge in [-0.15, -0.1) is 0 Å². The molecule has 10 nitrogen and oxygen atoms in total. The molecule has 0 saturated carbocycles. The average Bonchev–Trinajstić information content (AvgIpc) is 3.01. The Bertz CT molecular complexity index is 1750. The highest BCUT2D eigenvalue weighted by atomic mass is 32.2. The van der Waals surface area contributed by atoms with E-state index in [-0.39, 0.29) is 5.56 Å². The van der Waals surface area contributed by atoms with Crippen LogP contribution in [0, 0.1) is 0 Å². The molecule has 11 heteroatoms. The summed E-state index contributed by atoms with van der Waals surface area (Å²) in [6.45, 7) is 6.42. The van der Waals surface area contributed by atoms with Gasteiger partial charge < -0.3 is 15.0 Å². The molecule has 2 saturated heterocycles. The van der Waals surface area contributed by atoms with Crippen LogP contribution in [0.4, 0.5) is 11.6 Å². The number of fused-ring (bicyclic) bond motifs is 1. The van der Waals surface area contributed by atoms with Gasteiger partial charge in [-0.1, -0.05) is 12.1 Å². The number of ether oxygens (including phenoxy) is 1. The fourth-order valence-corrected chi connectivity index (χ4v) is 6.51. The maximum absolute atomic E-state index is 13.9. The van der Waals surface area contributed by atoms with Gasteiger partial charge in [-0.2, -0.15) is 4.98 Å². The Labute approximate surface area is 252 Å². The number of benzene rings is 1. The van der Waals surface area contributed by atoms with Crippen molar-refractivity contribution in [2.75, 3.05) is 64.6 Å².